The van der Waals surface area contributed by atoms with Crippen molar-refractivity contribution in [2.24, 2.45) is 5.92 Å². The number of carboxylic acid groups (broad SMARTS) is 1. The number of carbonyl (C=O) groups excluding carboxylic acids is 1. The van der Waals surface area contributed by atoms with Crippen molar-refractivity contribution >= 4 is 33.3 Å². The van der Waals surface area contributed by atoms with Crippen LogP contribution in [0.15, 0.2) is 29.6 Å². The second-order valence-corrected chi connectivity index (χ2v) is 5.68. The Morgan fingerprint density at radius 2 is 2.21 bits per heavy atom. The number of nitrogens with zero attached hydrogens (tertiary/aromatic N) is 1. The van der Waals surface area contributed by atoms with Crippen molar-refractivity contribution in [3.8, 4) is 0 Å². The highest BCUT2D eigenvalue weighted by atomic mass is 32.1. The van der Waals surface area contributed by atoms with E-state index in [2.05, 4.69) is 6.07 Å². The molecule has 1 saturated heterocycles. The summed E-state index contributed by atoms with van der Waals surface area (Å²) in [4.78, 5) is 24.4. The van der Waals surface area contributed by atoms with Crippen LogP contribution in [0.4, 0.5) is 0 Å². The fourth-order valence-corrected chi connectivity index (χ4v) is 3.41. The standard InChI is InChI=1S/C14H13NO3S/c16-13-5-9(14(17)18)6-15(13)7-10-8-19-12-4-2-1-3-11(10)12/h1-4,8-9H,5-7H2,(H,17,18). The van der Waals surface area contributed by atoms with Gasteiger partial charge in [0.25, 0.3) is 0 Å². The summed E-state index contributed by atoms with van der Waals surface area (Å²) in [5.74, 6) is -1.51. The van der Waals surface area contributed by atoms with Gasteiger partial charge >= 0.3 is 5.97 Å². The normalized spacial score (nSPS) is 19.3. The molecule has 3 rings (SSSR count). The minimum absolute atomic E-state index is 0.0670. The Morgan fingerprint density at radius 1 is 1.42 bits per heavy atom. The van der Waals surface area contributed by atoms with Crippen LogP contribution in [0, 0.1) is 5.92 Å². The van der Waals surface area contributed by atoms with Gasteiger partial charge in [-0.05, 0) is 22.4 Å². The van der Waals surface area contributed by atoms with Gasteiger partial charge in [0.1, 0.15) is 0 Å². The lowest BCUT2D eigenvalue weighted by atomic mass is 10.1. The Hall–Kier alpha value is -1.88. The Bertz CT molecular complexity index is 649. The zero-order valence-electron chi connectivity index (χ0n) is 10.2. The predicted molar refractivity (Wildman–Crippen MR) is 73.0 cm³/mol. The number of thiophene rings is 1. The molecule has 19 heavy (non-hydrogen) atoms. The highest BCUT2D eigenvalue weighted by molar-refractivity contribution is 7.17. The van der Waals surface area contributed by atoms with Gasteiger partial charge in [-0.15, -0.1) is 11.3 Å². The average Bonchev–Trinajstić information content (AvgIpc) is 2.96. The molecule has 1 aromatic heterocycles. The van der Waals surface area contributed by atoms with Gasteiger partial charge < -0.3 is 10.0 Å². The minimum atomic E-state index is -0.883. The molecule has 0 aliphatic carbocycles. The number of fused-ring (bicyclic) bond motifs is 1. The molecule has 1 N–H and O–H groups in total. The van der Waals surface area contributed by atoms with E-state index in [0.29, 0.717) is 13.1 Å². The number of benzene rings is 1. The molecule has 1 amide bonds. The third-order valence-electron chi connectivity index (χ3n) is 3.49. The number of carbonyl (C=O) groups is 2. The number of rotatable bonds is 3. The number of likely N-dealkylation sites (tertiary alicyclic amines) is 1. The first-order valence-corrected chi connectivity index (χ1v) is 6.99. The molecular weight excluding hydrogens is 262 g/mol. The van der Waals surface area contributed by atoms with Crippen molar-refractivity contribution in [1.82, 2.24) is 4.90 Å². The smallest absolute Gasteiger partial charge is 0.308 e. The third kappa shape index (κ3) is 2.21. The largest absolute Gasteiger partial charge is 0.481 e. The van der Waals surface area contributed by atoms with Crippen LogP contribution in [0.2, 0.25) is 0 Å². The summed E-state index contributed by atoms with van der Waals surface area (Å²) >= 11 is 1.65. The maximum Gasteiger partial charge on any atom is 0.308 e. The fourth-order valence-electron chi connectivity index (χ4n) is 2.45. The van der Waals surface area contributed by atoms with Crippen LogP contribution in [0.1, 0.15) is 12.0 Å². The molecule has 4 nitrogen and oxygen atoms in total. The second-order valence-electron chi connectivity index (χ2n) is 4.77. The van der Waals surface area contributed by atoms with Gasteiger partial charge in [0.05, 0.1) is 5.92 Å². The average molecular weight is 275 g/mol. The van der Waals surface area contributed by atoms with Gasteiger partial charge in [0, 0.05) is 24.2 Å². The maximum atomic E-state index is 11.8. The molecule has 1 aromatic carbocycles. The molecule has 1 fully saturated rings. The Labute approximate surface area is 114 Å². The zero-order chi connectivity index (χ0) is 13.4. The molecule has 2 heterocycles. The summed E-state index contributed by atoms with van der Waals surface area (Å²) in [5, 5.41) is 12.2. The summed E-state index contributed by atoms with van der Waals surface area (Å²) in [7, 11) is 0. The molecule has 0 saturated carbocycles. The predicted octanol–water partition coefficient (Wildman–Crippen LogP) is 2.33. The van der Waals surface area contributed by atoms with Gasteiger partial charge in [-0.25, -0.2) is 0 Å². The Morgan fingerprint density at radius 3 is 2.95 bits per heavy atom. The summed E-state index contributed by atoms with van der Waals surface area (Å²) in [6.45, 7) is 0.824. The van der Waals surface area contributed by atoms with Crippen LogP contribution in [0.3, 0.4) is 0 Å². The molecule has 1 aliphatic rings. The van der Waals surface area contributed by atoms with Crippen molar-refractivity contribution < 1.29 is 14.7 Å². The first-order chi connectivity index (χ1) is 9.15. The fraction of sp³-hybridized carbons (Fsp3) is 0.286. The highest BCUT2D eigenvalue weighted by Gasteiger charge is 2.34. The topological polar surface area (TPSA) is 57.6 Å². The summed E-state index contributed by atoms with van der Waals surface area (Å²) in [6, 6.07) is 8.06. The number of carboxylic acids is 1. The van der Waals surface area contributed by atoms with Crippen LogP contribution in [0.5, 0.6) is 0 Å². The van der Waals surface area contributed by atoms with Crippen molar-refractivity contribution in [3.05, 3.63) is 35.2 Å². The van der Waals surface area contributed by atoms with E-state index in [1.165, 1.54) is 4.70 Å². The Balaban J connectivity index is 1.82. The van der Waals surface area contributed by atoms with E-state index in [0.717, 1.165) is 10.9 Å². The molecule has 0 radical (unpaired) electrons. The third-order valence-corrected chi connectivity index (χ3v) is 4.50. The SMILES string of the molecule is O=C(O)C1CC(=O)N(Cc2csc3ccccc23)C1. The van der Waals surface area contributed by atoms with Crippen LogP contribution >= 0.6 is 11.3 Å². The number of hydrogen-bond donors (Lipinski definition) is 1. The summed E-state index contributed by atoms with van der Waals surface area (Å²) in [5.41, 5.74) is 1.10. The van der Waals surface area contributed by atoms with Gasteiger partial charge in [-0.2, -0.15) is 0 Å². The van der Waals surface area contributed by atoms with Crippen molar-refractivity contribution in [2.75, 3.05) is 6.54 Å². The monoisotopic (exact) mass is 275 g/mol. The minimum Gasteiger partial charge on any atom is -0.481 e. The van der Waals surface area contributed by atoms with Gasteiger partial charge in [-0.1, -0.05) is 18.2 Å². The van der Waals surface area contributed by atoms with Crippen molar-refractivity contribution in [1.29, 1.82) is 0 Å². The van der Waals surface area contributed by atoms with Gasteiger partial charge in [0.15, 0.2) is 0 Å². The molecule has 1 aliphatic heterocycles. The lowest BCUT2D eigenvalue weighted by Crippen LogP contribution is -2.25. The summed E-state index contributed by atoms with van der Waals surface area (Å²) < 4.78 is 1.19. The van der Waals surface area contributed by atoms with Crippen LogP contribution in [-0.2, 0) is 16.1 Å². The first-order valence-electron chi connectivity index (χ1n) is 6.11. The number of aliphatic carboxylic acids is 1. The van der Waals surface area contributed by atoms with Crippen molar-refractivity contribution in [3.63, 3.8) is 0 Å². The number of hydrogen-bond acceptors (Lipinski definition) is 3. The second kappa shape index (κ2) is 4.66. The molecule has 98 valence electrons. The van der Waals surface area contributed by atoms with Gasteiger partial charge in [0.2, 0.25) is 5.91 Å². The van der Waals surface area contributed by atoms with E-state index in [1.807, 2.05) is 23.6 Å². The van der Waals surface area contributed by atoms with E-state index >= 15 is 0 Å². The van der Waals surface area contributed by atoms with E-state index in [-0.39, 0.29) is 12.3 Å². The number of amides is 1. The van der Waals surface area contributed by atoms with Crippen molar-refractivity contribution in [2.45, 2.75) is 13.0 Å². The van der Waals surface area contributed by atoms with Crippen LogP contribution in [0.25, 0.3) is 10.1 Å². The van der Waals surface area contributed by atoms with Gasteiger partial charge in [-0.3, -0.25) is 9.59 Å². The van der Waals surface area contributed by atoms with Crippen LogP contribution < -0.4 is 0 Å². The molecular formula is C14H13NO3S. The zero-order valence-corrected chi connectivity index (χ0v) is 11.0. The summed E-state index contributed by atoms with van der Waals surface area (Å²) in [6.07, 6.45) is 0.122. The highest BCUT2D eigenvalue weighted by Crippen LogP contribution is 2.28. The van der Waals surface area contributed by atoms with Crippen LogP contribution in [-0.4, -0.2) is 28.4 Å². The quantitative estimate of drug-likeness (QED) is 0.935. The van der Waals surface area contributed by atoms with E-state index < -0.39 is 11.9 Å². The molecule has 0 spiro atoms. The molecule has 1 atom stereocenters. The lowest BCUT2D eigenvalue weighted by Gasteiger charge is -2.15. The molecule has 1 unspecified atom stereocenters. The molecule has 0 bridgehead atoms. The maximum absolute atomic E-state index is 11.8. The molecule has 2 aromatic rings. The first kappa shape index (κ1) is 12.2. The van der Waals surface area contributed by atoms with E-state index in [4.69, 9.17) is 5.11 Å². The van der Waals surface area contributed by atoms with E-state index in [1.54, 1.807) is 16.2 Å². The molecule has 5 heteroatoms. The van der Waals surface area contributed by atoms with E-state index in [9.17, 15) is 9.59 Å². The lowest BCUT2D eigenvalue weighted by molar-refractivity contribution is -0.141. The Kier molecular flexibility index (Phi) is 2.98.